The van der Waals surface area contributed by atoms with Gasteiger partial charge in [0.2, 0.25) is 0 Å². The molecule has 1 atom stereocenters. The molecule has 28 heavy (non-hydrogen) atoms. The highest BCUT2D eigenvalue weighted by Gasteiger charge is 2.26. The van der Waals surface area contributed by atoms with E-state index >= 15 is 0 Å². The quantitative estimate of drug-likeness (QED) is 0.521. The molecule has 1 heterocycles. The van der Waals surface area contributed by atoms with Gasteiger partial charge < -0.3 is 4.90 Å². The highest BCUT2D eigenvalue weighted by molar-refractivity contribution is 6.33. The van der Waals surface area contributed by atoms with Crippen LogP contribution in [-0.2, 0) is 6.42 Å². The van der Waals surface area contributed by atoms with Crippen LogP contribution in [0.4, 0.5) is 14.5 Å². The van der Waals surface area contributed by atoms with Crippen LogP contribution < -0.4 is 4.90 Å². The summed E-state index contributed by atoms with van der Waals surface area (Å²) in [5.41, 5.74) is 4.45. The van der Waals surface area contributed by atoms with Crippen molar-refractivity contribution in [3.63, 3.8) is 0 Å². The highest BCUT2D eigenvalue weighted by atomic mass is 35.5. The van der Waals surface area contributed by atoms with Gasteiger partial charge in [0.1, 0.15) is 11.6 Å². The SMILES string of the molecule is C=C1CCC(Cc2ccc(F)cc2F)CN1c1c(C)cc(C#CCC)cc1Cl. The van der Waals surface area contributed by atoms with Crippen molar-refractivity contribution < 1.29 is 8.78 Å². The van der Waals surface area contributed by atoms with Crippen LogP contribution in [0.2, 0.25) is 5.02 Å². The topological polar surface area (TPSA) is 3.24 Å². The minimum absolute atomic E-state index is 0.237. The van der Waals surface area contributed by atoms with Gasteiger partial charge in [-0.1, -0.05) is 43.0 Å². The fourth-order valence-corrected chi connectivity index (χ4v) is 4.11. The number of anilines is 1. The molecular formula is C24H24ClF2N. The summed E-state index contributed by atoms with van der Waals surface area (Å²) in [6.45, 7) is 8.95. The second-order valence-electron chi connectivity index (χ2n) is 7.30. The van der Waals surface area contributed by atoms with Gasteiger partial charge in [0.05, 0.1) is 10.7 Å². The van der Waals surface area contributed by atoms with E-state index in [4.69, 9.17) is 11.6 Å². The first-order chi connectivity index (χ1) is 13.4. The number of piperidine rings is 1. The summed E-state index contributed by atoms with van der Waals surface area (Å²) < 4.78 is 27.2. The molecule has 2 aromatic carbocycles. The summed E-state index contributed by atoms with van der Waals surface area (Å²) in [5.74, 6) is 5.40. The number of aryl methyl sites for hydroxylation is 1. The zero-order chi connectivity index (χ0) is 20.3. The number of halogens is 3. The fraction of sp³-hybridized carbons (Fsp3) is 0.333. The Bertz CT molecular complexity index is 932. The molecule has 0 radical (unpaired) electrons. The van der Waals surface area contributed by atoms with Gasteiger partial charge in [-0.2, -0.15) is 0 Å². The Balaban J connectivity index is 1.84. The second-order valence-corrected chi connectivity index (χ2v) is 7.71. The lowest BCUT2D eigenvalue weighted by Gasteiger charge is -2.37. The van der Waals surface area contributed by atoms with Crippen LogP contribution in [0.5, 0.6) is 0 Å². The molecule has 0 N–H and O–H groups in total. The van der Waals surface area contributed by atoms with E-state index in [1.54, 1.807) is 0 Å². The van der Waals surface area contributed by atoms with Crippen molar-refractivity contribution in [1.82, 2.24) is 0 Å². The zero-order valence-electron chi connectivity index (χ0n) is 16.3. The van der Waals surface area contributed by atoms with E-state index in [0.29, 0.717) is 23.6 Å². The molecule has 0 aliphatic carbocycles. The van der Waals surface area contributed by atoms with Gasteiger partial charge in [0.15, 0.2) is 0 Å². The number of nitrogens with zero attached hydrogens (tertiary/aromatic N) is 1. The van der Waals surface area contributed by atoms with Crippen LogP contribution in [0.3, 0.4) is 0 Å². The van der Waals surface area contributed by atoms with Crippen molar-refractivity contribution in [1.29, 1.82) is 0 Å². The molecule has 0 aromatic heterocycles. The average molecular weight is 400 g/mol. The highest BCUT2D eigenvalue weighted by Crippen LogP contribution is 2.38. The molecule has 0 amide bonds. The summed E-state index contributed by atoms with van der Waals surface area (Å²) >= 11 is 6.61. The van der Waals surface area contributed by atoms with Crippen LogP contribution in [0.25, 0.3) is 0 Å². The Morgan fingerprint density at radius 3 is 2.71 bits per heavy atom. The van der Waals surface area contributed by atoms with E-state index < -0.39 is 11.6 Å². The summed E-state index contributed by atoms with van der Waals surface area (Å²) in [6.07, 6.45) is 3.10. The Morgan fingerprint density at radius 2 is 2.04 bits per heavy atom. The molecule has 0 saturated carbocycles. The molecular weight excluding hydrogens is 376 g/mol. The molecule has 3 rings (SSSR count). The Morgan fingerprint density at radius 1 is 1.25 bits per heavy atom. The average Bonchev–Trinajstić information content (AvgIpc) is 2.64. The lowest BCUT2D eigenvalue weighted by atomic mass is 9.89. The molecule has 1 unspecified atom stereocenters. The van der Waals surface area contributed by atoms with Gasteiger partial charge in [0.25, 0.3) is 0 Å². The van der Waals surface area contributed by atoms with Crippen molar-refractivity contribution >= 4 is 17.3 Å². The predicted octanol–water partition coefficient (Wildman–Crippen LogP) is 6.66. The predicted molar refractivity (Wildman–Crippen MR) is 113 cm³/mol. The molecule has 1 fully saturated rings. The van der Waals surface area contributed by atoms with E-state index in [2.05, 4.69) is 23.3 Å². The molecule has 1 aliphatic heterocycles. The monoisotopic (exact) mass is 399 g/mol. The molecule has 4 heteroatoms. The molecule has 2 aromatic rings. The molecule has 0 bridgehead atoms. The van der Waals surface area contributed by atoms with E-state index in [0.717, 1.165) is 47.8 Å². The van der Waals surface area contributed by atoms with Crippen molar-refractivity contribution in [2.75, 3.05) is 11.4 Å². The van der Waals surface area contributed by atoms with Crippen molar-refractivity contribution in [2.45, 2.75) is 39.5 Å². The maximum Gasteiger partial charge on any atom is 0.129 e. The lowest BCUT2D eigenvalue weighted by molar-refractivity contribution is 0.435. The van der Waals surface area contributed by atoms with E-state index in [9.17, 15) is 8.78 Å². The largest absolute Gasteiger partial charge is 0.344 e. The first-order valence-corrected chi connectivity index (χ1v) is 9.95. The van der Waals surface area contributed by atoms with Crippen LogP contribution in [0, 0.1) is 36.3 Å². The molecule has 146 valence electrons. The third-order valence-electron chi connectivity index (χ3n) is 5.12. The van der Waals surface area contributed by atoms with Gasteiger partial charge in [-0.3, -0.25) is 0 Å². The minimum Gasteiger partial charge on any atom is -0.344 e. The van der Waals surface area contributed by atoms with E-state index in [1.807, 2.05) is 26.0 Å². The van der Waals surface area contributed by atoms with Crippen molar-refractivity contribution in [3.05, 3.63) is 76.0 Å². The summed E-state index contributed by atoms with van der Waals surface area (Å²) in [6, 6.07) is 7.74. The van der Waals surface area contributed by atoms with Gasteiger partial charge in [-0.25, -0.2) is 8.78 Å². The van der Waals surface area contributed by atoms with Crippen LogP contribution in [0.15, 0.2) is 42.6 Å². The number of hydrogen-bond acceptors (Lipinski definition) is 1. The summed E-state index contributed by atoms with van der Waals surface area (Å²) in [7, 11) is 0. The van der Waals surface area contributed by atoms with Crippen molar-refractivity contribution in [2.24, 2.45) is 5.92 Å². The smallest absolute Gasteiger partial charge is 0.129 e. The van der Waals surface area contributed by atoms with Gasteiger partial charge in [-0.05, 0) is 61.4 Å². The Kier molecular flexibility index (Phi) is 6.42. The van der Waals surface area contributed by atoms with Gasteiger partial charge in [0, 0.05) is 30.3 Å². The van der Waals surface area contributed by atoms with Gasteiger partial charge >= 0.3 is 0 Å². The maximum atomic E-state index is 14.1. The number of rotatable bonds is 3. The standard InChI is InChI=1S/C24H24ClF2N/c1-4-5-6-18-11-16(2)24(22(25)13-18)28-15-19(8-7-17(28)3)12-20-9-10-21(26)14-23(20)27/h9-11,13-14,19H,3-4,7-8,12,15H2,1-2H3. The van der Waals surface area contributed by atoms with E-state index in [1.165, 1.54) is 12.1 Å². The third-order valence-corrected chi connectivity index (χ3v) is 5.41. The van der Waals surface area contributed by atoms with E-state index in [-0.39, 0.29) is 5.92 Å². The second kappa shape index (κ2) is 8.80. The number of hydrogen-bond donors (Lipinski definition) is 0. The Hall–Kier alpha value is -2.31. The maximum absolute atomic E-state index is 14.1. The normalized spacial score (nSPS) is 16.7. The summed E-state index contributed by atoms with van der Waals surface area (Å²) in [5, 5.41) is 0.648. The first-order valence-electron chi connectivity index (χ1n) is 9.57. The number of benzene rings is 2. The van der Waals surface area contributed by atoms with Crippen LogP contribution >= 0.6 is 11.6 Å². The van der Waals surface area contributed by atoms with Gasteiger partial charge in [-0.15, -0.1) is 0 Å². The fourth-order valence-electron chi connectivity index (χ4n) is 3.74. The third kappa shape index (κ3) is 4.56. The molecule has 1 nitrogen and oxygen atoms in total. The zero-order valence-corrected chi connectivity index (χ0v) is 17.0. The van der Waals surface area contributed by atoms with Crippen molar-refractivity contribution in [3.8, 4) is 11.8 Å². The van der Waals surface area contributed by atoms with Crippen LogP contribution in [0.1, 0.15) is 42.9 Å². The molecule has 1 aliphatic rings. The minimum atomic E-state index is -0.548. The van der Waals surface area contributed by atoms with Crippen LogP contribution in [-0.4, -0.2) is 6.54 Å². The summed E-state index contributed by atoms with van der Waals surface area (Å²) in [4.78, 5) is 2.14. The first kappa shape index (κ1) is 20.4. The number of allylic oxidation sites excluding steroid dienone is 1. The molecule has 1 saturated heterocycles. The lowest BCUT2D eigenvalue weighted by Crippen LogP contribution is -2.35. The Labute approximate surface area is 171 Å². The molecule has 0 spiro atoms.